The Balaban J connectivity index is 1.44. The Kier molecular flexibility index (Phi) is 7.35. The maximum absolute atomic E-state index is 12.9. The molecule has 2 saturated heterocycles. The van der Waals surface area contributed by atoms with Gasteiger partial charge in [0.15, 0.2) is 0 Å². The Bertz CT molecular complexity index is 793. The lowest BCUT2D eigenvalue weighted by Crippen LogP contribution is -2.50. The van der Waals surface area contributed by atoms with E-state index in [-0.39, 0.29) is 5.91 Å². The van der Waals surface area contributed by atoms with Crippen LogP contribution in [-0.4, -0.2) is 73.7 Å². The van der Waals surface area contributed by atoms with E-state index in [1.54, 1.807) is 16.4 Å². The van der Waals surface area contributed by atoms with Crippen molar-refractivity contribution in [2.24, 2.45) is 5.92 Å². The number of rotatable bonds is 6. The van der Waals surface area contributed by atoms with Crippen LogP contribution in [0, 0.1) is 12.8 Å². The van der Waals surface area contributed by atoms with Crippen LogP contribution in [0.15, 0.2) is 29.2 Å². The van der Waals surface area contributed by atoms with Crippen LogP contribution in [0.3, 0.4) is 0 Å². The monoisotopic (exact) mass is 421 g/mol. The van der Waals surface area contributed by atoms with Gasteiger partial charge in [-0.1, -0.05) is 18.2 Å². The molecule has 1 aromatic rings. The molecule has 0 saturated carbocycles. The molecule has 0 spiro atoms. The number of hydrogen-bond acceptors (Lipinski definition) is 4. The first-order chi connectivity index (χ1) is 13.8. The third kappa shape index (κ3) is 5.38. The Hall–Kier alpha value is -1.44. The number of hydrogen-bond donors (Lipinski definition) is 0. The number of benzene rings is 1. The molecular weight excluding hydrogens is 386 g/mol. The average Bonchev–Trinajstić information content (AvgIpc) is 2.72. The van der Waals surface area contributed by atoms with Crippen molar-refractivity contribution in [3.05, 3.63) is 29.8 Å². The minimum absolute atomic E-state index is 0.253. The van der Waals surface area contributed by atoms with E-state index in [0.717, 1.165) is 51.0 Å². The summed E-state index contributed by atoms with van der Waals surface area (Å²) in [5.74, 6) is 0.683. The van der Waals surface area contributed by atoms with Crippen LogP contribution in [0.1, 0.15) is 45.1 Å². The standard InChI is InChI=1S/C22H35N3O3S/c1-18(2)23-14-16-24(17-15-23)22(26)9-8-20-10-12-25(13-11-20)29(27,28)21-7-5-4-6-19(21)3/h4-7,18,20H,8-17H2,1-3H3. The van der Waals surface area contributed by atoms with Crippen molar-refractivity contribution in [2.45, 2.75) is 57.4 Å². The minimum atomic E-state index is -3.42. The van der Waals surface area contributed by atoms with Crippen LogP contribution in [-0.2, 0) is 14.8 Å². The van der Waals surface area contributed by atoms with Crippen molar-refractivity contribution in [2.75, 3.05) is 39.3 Å². The molecule has 0 bridgehead atoms. The summed E-state index contributed by atoms with van der Waals surface area (Å²) in [6, 6.07) is 7.70. The lowest BCUT2D eigenvalue weighted by atomic mass is 9.93. The lowest BCUT2D eigenvalue weighted by Gasteiger charge is -2.37. The molecule has 1 amide bonds. The van der Waals surface area contributed by atoms with Crippen LogP contribution in [0.2, 0.25) is 0 Å². The van der Waals surface area contributed by atoms with Gasteiger partial charge >= 0.3 is 0 Å². The molecule has 0 N–H and O–H groups in total. The van der Waals surface area contributed by atoms with Crippen LogP contribution in [0.25, 0.3) is 0 Å². The fraction of sp³-hybridized carbons (Fsp3) is 0.682. The highest BCUT2D eigenvalue weighted by Crippen LogP contribution is 2.28. The third-order valence-corrected chi connectivity index (χ3v) is 8.51. The molecule has 0 aliphatic carbocycles. The summed E-state index contributed by atoms with van der Waals surface area (Å²) in [4.78, 5) is 17.4. The van der Waals surface area contributed by atoms with Gasteiger partial charge in [-0.25, -0.2) is 8.42 Å². The predicted molar refractivity (Wildman–Crippen MR) is 115 cm³/mol. The molecule has 0 radical (unpaired) electrons. The van der Waals surface area contributed by atoms with Gasteiger partial charge < -0.3 is 4.90 Å². The van der Waals surface area contributed by atoms with Crippen molar-refractivity contribution in [1.29, 1.82) is 0 Å². The van der Waals surface area contributed by atoms with Gasteiger partial charge in [0, 0.05) is 51.7 Å². The van der Waals surface area contributed by atoms with Gasteiger partial charge in [-0.3, -0.25) is 9.69 Å². The Morgan fingerprint density at radius 3 is 2.24 bits per heavy atom. The van der Waals surface area contributed by atoms with E-state index in [4.69, 9.17) is 0 Å². The number of nitrogens with zero attached hydrogens (tertiary/aromatic N) is 3. The zero-order chi connectivity index (χ0) is 21.0. The fourth-order valence-electron chi connectivity index (χ4n) is 4.40. The summed E-state index contributed by atoms with van der Waals surface area (Å²) in [5.41, 5.74) is 0.790. The van der Waals surface area contributed by atoms with Gasteiger partial charge in [-0.05, 0) is 57.6 Å². The number of carbonyl (C=O) groups is 1. The van der Waals surface area contributed by atoms with E-state index in [2.05, 4.69) is 18.7 Å². The van der Waals surface area contributed by atoms with E-state index in [1.807, 2.05) is 24.0 Å². The van der Waals surface area contributed by atoms with Crippen molar-refractivity contribution in [1.82, 2.24) is 14.1 Å². The van der Waals surface area contributed by atoms with E-state index in [0.29, 0.717) is 36.4 Å². The van der Waals surface area contributed by atoms with Crippen LogP contribution in [0.4, 0.5) is 0 Å². The highest BCUT2D eigenvalue weighted by atomic mass is 32.2. The molecule has 2 aliphatic heterocycles. The topological polar surface area (TPSA) is 60.9 Å². The van der Waals surface area contributed by atoms with Gasteiger partial charge in [0.1, 0.15) is 0 Å². The van der Waals surface area contributed by atoms with Crippen molar-refractivity contribution >= 4 is 15.9 Å². The molecule has 6 nitrogen and oxygen atoms in total. The second-order valence-corrected chi connectivity index (χ2v) is 10.6. The molecular formula is C22H35N3O3S. The molecule has 2 aliphatic rings. The smallest absolute Gasteiger partial charge is 0.243 e. The second-order valence-electron chi connectivity index (χ2n) is 8.66. The molecule has 0 unspecified atom stereocenters. The zero-order valence-corrected chi connectivity index (χ0v) is 18.8. The summed E-state index contributed by atoms with van der Waals surface area (Å²) < 4.78 is 27.5. The van der Waals surface area contributed by atoms with Gasteiger partial charge in [0.25, 0.3) is 0 Å². The van der Waals surface area contributed by atoms with Crippen molar-refractivity contribution in [3.8, 4) is 0 Å². The SMILES string of the molecule is Cc1ccccc1S(=O)(=O)N1CCC(CCC(=O)N2CCN(C(C)C)CC2)CC1. The second kappa shape index (κ2) is 9.58. The molecule has 29 heavy (non-hydrogen) atoms. The van der Waals surface area contributed by atoms with E-state index in [9.17, 15) is 13.2 Å². The summed E-state index contributed by atoms with van der Waals surface area (Å²) in [6.45, 7) is 10.9. The van der Waals surface area contributed by atoms with Gasteiger partial charge in [-0.15, -0.1) is 0 Å². The number of sulfonamides is 1. The number of aryl methyl sites for hydroxylation is 1. The summed E-state index contributed by atoms with van der Waals surface area (Å²) >= 11 is 0. The van der Waals surface area contributed by atoms with Crippen molar-refractivity contribution in [3.63, 3.8) is 0 Å². The molecule has 1 aromatic carbocycles. The van der Waals surface area contributed by atoms with Crippen molar-refractivity contribution < 1.29 is 13.2 Å². The first-order valence-electron chi connectivity index (χ1n) is 10.9. The number of piperidine rings is 1. The van der Waals surface area contributed by atoms with Crippen LogP contribution >= 0.6 is 0 Å². The molecule has 0 aromatic heterocycles. The quantitative estimate of drug-likeness (QED) is 0.709. The highest BCUT2D eigenvalue weighted by Gasteiger charge is 2.31. The maximum Gasteiger partial charge on any atom is 0.243 e. The van der Waals surface area contributed by atoms with Crippen LogP contribution in [0.5, 0.6) is 0 Å². The highest BCUT2D eigenvalue weighted by molar-refractivity contribution is 7.89. The third-order valence-electron chi connectivity index (χ3n) is 6.45. The number of amides is 1. The van der Waals surface area contributed by atoms with E-state index < -0.39 is 10.0 Å². The number of carbonyl (C=O) groups excluding carboxylic acids is 1. The van der Waals surface area contributed by atoms with E-state index in [1.165, 1.54) is 0 Å². The number of piperazine rings is 1. The molecule has 2 heterocycles. The molecule has 2 fully saturated rings. The Labute approximate surface area is 175 Å². The fourth-order valence-corrected chi connectivity index (χ4v) is 6.09. The first-order valence-corrected chi connectivity index (χ1v) is 12.3. The van der Waals surface area contributed by atoms with E-state index >= 15 is 0 Å². The van der Waals surface area contributed by atoms with Gasteiger partial charge in [0.05, 0.1) is 4.90 Å². The minimum Gasteiger partial charge on any atom is -0.340 e. The lowest BCUT2D eigenvalue weighted by molar-refractivity contribution is -0.133. The summed E-state index contributed by atoms with van der Waals surface area (Å²) in [7, 11) is -3.42. The molecule has 162 valence electrons. The zero-order valence-electron chi connectivity index (χ0n) is 18.0. The maximum atomic E-state index is 12.9. The molecule has 3 rings (SSSR count). The van der Waals surface area contributed by atoms with Gasteiger partial charge in [0.2, 0.25) is 15.9 Å². The largest absolute Gasteiger partial charge is 0.340 e. The summed E-state index contributed by atoms with van der Waals surface area (Å²) in [6.07, 6.45) is 3.11. The molecule has 7 heteroatoms. The normalized spacial score (nSPS) is 20.3. The Morgan fingerprint density at radius 1 is 1.03 bits per heavy atom. The average molecular weight is 422 g/mol. The predicted octanol–water partition coefficient (Wildman–Crippen LogP) is 2.73. The Morgan fingerprint density at radius 2 is 1.66 bits per heavy atom. The summed E-state index contributed by atoms with van der Waals surface area (Å²) in [5, 5.41) is 0. The molecule has 0 atom stereocenters. The van der Waals surface area contributed by atoms with Crippen LogP contribution < -0.4 is 0 Å². The van der Waals surface area contributed by atoms with Gasteiger partial charge in [-0.2, -0.15) is 4.31 Å². The first kappa shape index (κ1) is 22.2.